The van der Waals surface area contributed by atoms with Crippen LogP contribution in [0.25, 0.3) is 0 Å². The van der Waals surface area contributed by atoms with Crippen molar-refractivity contribution in [1.29, 1.82) is 0 Å². The van der Waals surface area contributed by atoms with Crippen LogP contribution < -0.4 is 20.7 Å². The van der Waals surface area contributed by atoms with E-state index in [0.29, 0.717) is 32.1 Å². The zero-order valence-corrected chi connectivity index (χ0v) is 16.0. The van der Waals surface area contributed by atoms with Crippen molar-refractivity contribution in [3.8, 4) is 5.75 Å². The molecule has 0 aromatic heterocycles. The Morgan fingerprint density at radius 2 is 1.78 bits per heavy atom. The summed E-state index contributed by atoms with van der Waals surface area (Å²) in [6.45, 7) is 3.83. The number of hydrogen-bond acceptors (Lipinski definition) is 3. The van der Waals surface area contributed by atoms with Crippen LogP contribution in [0.1, 0.15) is 25.3 Å². The van der Waals surface area contributed by atoms with Gasteiger partial charge in [0, 0.05) is 25.7 Å². The zero-order valence-electron chi connectivity index (χ0n) is 16.0. The van der Waals surface area contributed by atoms with E-state index in [2.05, 4.69) is 20.9 Å². The standard InChI is InChI=1S/C21H28N4O2/c1-3-7-20(26)25-18-12-10-17(11-13-18)16-24-21(22-2)23-14-15-27-19-8-5-4-6-9-19/h4-6,8-13H,3,7,14-16H2,1-2H3,(H,25,26)(H2,22,23,24). The highest BCUT2D eigenvalue weighted by molar-refractivity contribution is 5.90. The maximum absolute atomic E-state index is 11.6. The molecule has 0 fully saturated rings. The van der Waals surface area contributed by atoms with E-state index >= 15 is 0 Å². The highest BCUT2D eigenvalue weighted by Crippen LogP contribution is 2.10. The van der Waals surface area contributed by atoms with Gasteiger partial charge in [-0.25, -0.2) is 0 Å². The van der Waals surface area contributed by atoms with Crippen LogP contribution in [0.4, 0.5) is 5.69 Å². The molecule has 0 heterocycles. The van der Waals surface area contributed by atoms with Crippen molar-refractivity contribution in [2.45, 2.75) is 26.3 Å². The summed E-state index contributed by atoms with van der Waals surface area (Å²) in [5.41, 5.74) is 1.92. The van der Waals surface area contributed by atoms with Crippen molar-refractivity contribution >= 4 is 17.6 Å². The average Bonchev–Trinajstić information content (AvgIpc) is 2.69. The quantitative estimate of drug-likeness (QED) is 0.361. The normalized spacial score (nSPS) is 11.0. The molecule has 0 aliphatic heterocycles. The molecule has 1 amide bonds. The minimum atomic E-state index is 0.0469. The number of ether oxygens (including phenoxy) is 1. The van der Waals surface area contributed by atoms with E-state index in [1.165, 1.54) is 0 Å². The summed E-state index contributed by atoms with van der Waals surface area (Å²) in [4.78, 5) is 15.8. The van der Waals surface area contributed by atoms with Gasteiger partial charge >= 0.3 is 0 Å². The smallest absolute Gasteiger partial charge is 0.224 e. The molecule has 0 bridgehead atoms. The molecule has 27 heavy (non-hydrogen) atoms. The molecule has 0 atom stereocenters. The number of para-hydroxylation sites is 1. The summed E-state index contributed by atoms with van der Waals surface area (Å²) in [6, 6.07) is 17.5. The van der Waals surface area contributed by atoms with E-state index in [4.69, 9.17) is 4.74 Å². The number of amides is 1. The minimum Gasteiger partial charge on any atom is -0.492 e. The Morgan fingerprint density at radius 1 is 1.04 bits per heavy atom. The number of anilines is 1. The molecule has 0 aliphatic carbocycles. The van der Waals surface area contributed by atoms with Crippen molar-refractivity contribution in [2.75, 3.05) is 25.5 Å². The third-order valence-corrected chi connectivity index (χ3v) is 3.80. The average molecular weight is 368 g/mol. The molecule has 0 aliphatic rings. The molecule has 144 valence electrons. The Hall–Kier alpha value is -3.02. The van der Waals surface area contributed by atoms with Crippen molar-refractivity contribution in [3.05, 3.63) is 60.2 Å². The molecular formula is C21H28N4O2. The Labute approximate surface area is 161 Å². The van der Waals surface area contributed by atoms with E-state index in [1.54, 1.807) is 7.05 Å². The SMILES string of the molecule is CCCC(=O)Nc1ccc(CNC(=NC)NCCOc2ccccc2)cc1. The van der Waals surface area contributed by atoms with Crippen molar-refractivity contribution in [1.82, 2.24) is 10.6 Å². The number of aliphatic imine (C=N–C) groups is 1. The molecule has 0 saturated heterocycles. The number of guanidine groups is 1. The molecule has 3 N–H and O–H groups in total. The fourth-order valence-corrected chi connectivity index (χ4v) is 2.42. The van der Waals surface area contributed by atoms with E-state index in [-0.39, 0.29) is 5.91 Å². The second kappa shape index (κ2) is 11.6. The summed E-state index contributed by atoms with van der Waals surface area (Å²) in [5, 5.41) is 9.36. The van der Waals surface area contributed by atoms with Gasteiger partial charge in [-0.2, -0.15) is 0 Å². The number of nitrogens with one attached hydrogen (secondary N) is 3. The van der Waals surface area contributed by atoms with Crippen LogP contribution in [-0.4, -0.2) is 32.1 Å². The van der Waals surface area contributed by atoms with Crippen molar-refractivity contribution < 1.29 is 9.53 Å². The van der Waals surface area contributed by atoms with Gasteiger partial charge in [0.1, 0.15) is 12.4 Å². The molecule has 0 saturated carbocycles. The van der Waals surface area contributed by atoms with Crippen LogP contribution in [-0.2, 0) is 11.3 Å². The second-order valence-corrected chi connectivity index (χ2v) is 6.01. The highest BCUT2D eigenvalue weighted by Gasteiger charge is 2.02. The monoisotopic (exact) mass is 368 g/mol. The number of hydrogen-bond donors (Lipinski definition) is 3. The number of benzene rings is 2. The minimum absolute atomic E-state index is 0.0469. The number of carbonyl (C=O) groups excluding carboxylic acids is 1. The van der Waals surface area contributed by atoms with E-state index in [0.717, 1.165) is 23.4 Å². The van der Waals surface area contributed by atoms with E-state index in [9.17, 15) is 4.79 Å². The lowest BCUT2D eigenvalue weighted by Crippen LogP contribution is -2.38. The van der Waals surface area contributed by atoms with Crippen LogP contribution in [0.3, 0.4) is 0 Å². The lowest BCUT2D eigenvalue weighted by Gasteiger charge is -2.13. The predicted octanol–water partition coefficient (Wildman–Crippen LogP) is 3.17. The first kappa shape index (κ1) is 20.3. The third-order valence-electron chi connectivity index (χ3n) is 3.80. The maximum atomic E-state index is 11.6. The lowest BCUT2D eigenvalue weighted by atomic mass is 10.2. The molecule has 6 heteroatoms. The molecular weight excluding hydrogens is 340 g/mol. The molecule has 2 aromatic rings. The number of carbonyl (C=O) groups is 1. The van der Waals surface area contributed by atoms with Gasteiger partial charge in [0.2, 0.25) is 5.91 Å². The van der Waals surface area contributed by atoms with Gasteiger partial charge in [0.15, 0.2) is 5.96 Å². The fraction of sp³-hybridized carbons (Fsp3) is 0.333. The van der Waals surface area contributed by atoms with Crippen LogP contribution in [0.5, 0.6) is 5.75 Å². The molecule has 0 spiro atoms. The van der Waals surface area contributed by atoms with Crippen LogP contribution >= 0.6 is 0 Å². The Bertz CT molecular complexity index is 715. The lowest BCUT2D eigenvalue weighted by molar-refractivity contribution is -0.116. The number of rotatable bonds is 9. The first-order valence-electron chi connectivity index (χ1n) is 9.22. The largest absolute Gasteiger partial charge is 0.492 e. The molecule has 0 unspecified atom stereocenters. The summed E-state index contributed by atoms with van der Waals surface area (Å²) >= 11 is 0. The van der Waals surface area contributed by atoms with E-state index in [1.807, 2.05) is 61.5 Å². The number of nitrogens with zero attached hydrogens (tertiary/aromatic N) is 1. The third kappa shape index (κ3) is 7.81. The first-order chi connectivity index (χ1) is 13.2. The Morgan fingerprint density at radius 3 is 2.44 bits per heavy atom. The van der Waals surface area contributed by atoms with Crippen LogP contribution in [0, 0.1) is 0 Å². The van der Waals surface area contributed by atoms with Gasteiger partial charge in [-0.3, -0.25) is 9.79 Å². The summed E-state index contributed by atoms with van der Waals surface area (Å²) in [7, 11) is 1.74. The van der Waals surface area contributed by atoms with Gasteiger partial charge in [0.25, 0.3) is 0 Å². The van der Waals surface area contributed by atoms with Crippen molar-refractivity contribution in [2.24, 2.45) is 4.99 Å². The summed E-state index contributed by atoms with van der Waals surface area (Å²) in [6.07, 6.45) is 1.38. The predicted molar refractivity (Wildman–Crippen MR) is 110 cm³/mol. The van der Waals surface area contributed by atoms with Crippen LogP contribution in [0.2, 0.25) is 0 Å². The van der Waals surface area contributed by atoms with E-state index < -0.39 is 0 Å². The zero-order chi connectivity index (χ0) is 19.3. The highest BCUT2D eigenvalue weighted by atomic mass is 16.5. The summed E-state index contributed by atoms with van der Waals surface area (Å²) < 4.78 is 5.65. The van der Waals surface area contributed by atoms with Gasteiger partial charge in [0.05, 0.1) is 6.54 Å². The van der Waals surface area contributed by atoms with Gasteiger partial charge in [-0.15, -0.1) is 0 Å². The molecule has 2 aromatic carbocycles. The fourth-order valence-electron chi connectivity index (χ4n) is 2.42. The molecule has 6 nitrogen and oxygen atoms in total. The first-order valence-corrected chi connectivity index (χ1v) is 9.22. The van der Waals surface area contributed by atoms with Gasteiger partial charge in [-0.05, 0) is 36.2 Å². The van der Waals surface area contributed by atoms with Crippen molar-refractivity contribution in [3.63, 3.8) is 0 Å². The Balaban J connectivity index is 1.69. The Kier molecular flexibility index (Phi) is 8.69. The molecule has 2 rings (SSSR count). The maximum Gasteiger partial charge on any atom is 0.224 e. The molecule has 0 radical (unpaired) electrons. The van der Waals surface area contributed by atoms with Gasteiger partial charge in [-0.1, -0.05) is 37.3 Å². The summed E-state index contributed by atoms with van der Waals surface area (Å²) in [5.74, 6) is 1.62. The van der Waals surface area contributed by atoms with Crippen LogP contribution in [0.15, 0.2) is 59.6 Å². The second-order valence-electron chi connectivity index (χ2n) is 6.01. The van der Waals surface area contributed by atoms with Gasteiger partial charge < -0.3 is 20.7 Å². The topological polar surface area (TPSA) is 74.8 Å².